The zero-order chi connectivity index (χ0) is 26.6. The predicted molar refractivity (Wildman–Crippen MR) is 131 cm³/mol. The lowest BCUT2D eigenvalue weighted by Gasteiger charge is -2.10. The van der Waals surface area contributed by atoms with Crippen molar-refractivity contribution >= 4 is 28.7 Å². The molecule has 0 saturated heterocycles. The fourth-order valence-corrected chi connectivity index (χ4v) is 3.47. The van der Waals surface area contributed by atoms with Crippen molar-refractivity contribution in [2.24, 2.45) is 5.92 Å². The smallest absolute Gasteiger partial charge is 0.416 e. The molecule has 2 heterocycles. The van der Waals surface area contributed by atoms with E-state index in [9.17, 15) is 22.8 Å². The molecule has 8 nitrogen and oxygen atoms in total. The lowest BCUT2D eigenvalue weighted by Crippen LogP contribution is -2.31. The largest absolute Gasteiger partial charge is 0.438 e. The van der Waals surface area contributed by atoms with E-state index in [0.717, 1.165) is 12.1 Å². The van der Waals surface area contributed by atoms with Gasteiger partial charge in [0.25, 0.3) is 0 Å². The van der Waals surface area contributed by atoms with Crippen molar-refractivity contribution in [3.05, 3.63) is 78.2 Å². The van der Waals surface area contributed by atoms with E-state index >= 15 is 0 Å². The summed E-state index contributed by atoms with van der Waals surface area (Å²) in [6.07, 6.45) is -1.60. The van der Waals surface area contributed by atoms with E-state index < -0.39 is 11.7 Å². The van der Waals surface area contributed by atoms with E-state index in [1.54, 1.807) is 36.5 Å². The summed E-state index contributed by atoms with van der Waals surface area (Å²) in [5.74, 6) is 0.636. The van der Waals surface area contributed by atoms with Crippen LogP contribution in [0.3, 0.4) is 0 Å². The Hall–Kier alpha value is -4.41. The number of fused-ring (bicyclic) bond motifs is 1. The van der Waals surface area contributed by atoms with Gasteiger partial charge in [-0.05, 0) is 53.9 Å². The van der Waals surface area contributed by atoms with Gasteiger partial charge in [-0.3, -0.25) is 9.36 Å². The van der Waals surface area contributed by atoms with Crippen LogP contribution in [0.1, 0.15) is 25.0 Å². The van der Waals surface area contributed by atoms with Gasteiger partial charge in [-0.2, -0.15) is 13.2 Å². The number of carbonyl (C=O) groups is 2. The molecular formula is C26H24F3N5O3. The van der Waals surface area contributed by atoms with Gasteiger partial charge >= 0.3 is 12.2 Å². The quantitative estimate of drug-likeness (QED) is 0.335. The van der Waals surface area contributed by atoms with E-state index in [1.807, 2.05) is 13.8 Å². The lowest BCUT2D eigenvalue weighted by molar-refractivity contribution is -0.137. The van der Waals surface area contributed by atoms with Crippen LogP contribution in [0.5, 0.6) is 11.6 Å². The molecule has 0 spiro atoms. The number of amides is 2. The summed E-state index contributed by atoms with van der Waals surface area (Å²) < 4.78 is 45.3. The van der Waals surface area contributed by atoms with Crippen LogP contribution in [0.25, 0.3) is 11.0 Å². The molecule has 0 aliphatic rings. The van der Waals surface area contributed by atoms with Crippen molar-refractivity contribution in [2.75, 3.05) is 11.9 Å². The molecule has 2 amide bonds. The Kier molecular flexibility index (Phi) is 7.42. The zero-order valence-electron chi connectivity index (χ0n) is 20.0. The van der Waals surface area contributed by atoms with E-state index in [0.29, 0.717) is 40.5 Å². The number of ether oxygens (including phenoxy) is 1. The summed E-state index contributed by atoms with van der Waals surface area (Å²) in [5, 5.41) is 6.09. The average Bonchev–Trinajstić information content (AvgIpc) is 3.29. The predicted octanol–water partition coefficient (Wildman–Crippen LogP) is 5.64. The van der Waals surface area contributed by atoms with Crippen molar-refractivity contribution in [1.82, 2.24) is 19.9 Å². The van der Waals surface area contributed by atoms with Crippen LogP contribution < -0.4 is 15.4 Å². The molecule has 0 saturated carbocycles. The van der Waals surface area contributed by atoms with Crippen LogP contribution in [0, 0.1) is 5.92 Å². The van der Waals surface area contributed by atoms with Crippen LogP contribution in [0.2, 0.25) is 0 Å². The minimum Gasteiger partial charge on any atom is -0.438 e. The minimum absolute atomic E-state index is 0.0724. The topological polar surface area (TPSA) is 98.1 Å². The molecule has 4 rings (SSSR count). The summed E-state index contributed by atoms with van der Waals surface area (Å²) in [5.41, 5.74) is 0.589. The average molecular weight is 512 g/mol. The zero-order valence-corrected chi connectivity index (χ0v) is 20.0. The molecule has 0 bridgehead atoms. The van der Waals surface area contributed by atoms with Gasteiger partial charge in [0.1, 0.15) is 12.1 Å². The number of halogens is 3. The number of nitrogens with zero attached hydrogens (tertiary/aromatic N) is 3. The van der Waals surface area contributed by atoms with E-state index in [-0.39, 0.29) is 24.2 Å². The number of rotatable bonds is 7. The Bertz CT molecular complexity index is 1400. The second-order valence-corrected chi connectivity index (χ2v) is 8.73. The van der Waals surface area contributed by atoms with Crippen molar-refractivity contribution in [2.45, 2.75) is 26.4 Å². The summed E-state index contributed by atoms with van der Waals surface area (Å²) in [4.78, 5) is 33.1. The monoisotopic (exact) mass is 511 g/mol. The van der Waals surface area contributed by atoms with Crippen LogP contribution in [0.15, 0.2) is 67.1 Å². The Labute approximate surface area is 210 Å². The van der Waals surface area contributed by atoms with Crippen LogP contribution in [0.4, 0.5) is 23.7 Å². The maximum atomic E-state index is 12.7. The van der Waals surface area contributed by atoms with Gasteiger partial charge in [-0.15, -0.1) is 0 Å². The first-order valence-electron chi connectivity index (χ1n) is 11.4. The van der Waals surface area contributed by atoms with Crippen molar-refractivity contribution < 1.29 is 27.5 Å². The molecule has 2 N–H and O–H groups in total. The fraction of sp³-hybridized carbons (Fsp3) is 0.231. The van der Waals surface area contributed by atoms with E-state index in [1.165, 1.54) is 23.0 Å². The molecule has 0 fully saturated rings. The molecule has 0 atom stereocenters. The summed E-state index contributed by atoms with van der Waals surface area (Å²) in [7, 11) is 0. The van der Waals surface area contributed by atoms with Gasteiger partial charge in [0.2, 0.25) is 11.8 Å². The Balaban J connectivity index is 1.39. The second-order valence-electron chi connectivity index (χ2n) is 8.73. The van der Waals surface area contributed by atoms with Gasteiger partial charge in [0, 0.05) is 18.4 Å². The first kappa shape index (κ1) is 25.7. The molecule has 2 aromatic carbocycles. The number of anilines is 1. The van der Waals surface area contributed by atoms with E-state index in [4.69, 9.17) is 4.74 Å². The van der Waals surface area contributed by atoms with Gasteiger partial charge in [-0.1, -0.05) is 26.0 Å². The minimum atomic E-state index is -4.42. The Morgan fingerprint density at radius 1 is 1.00 bits per heavy atom. The maximum Gasteiger partial charge on any atom is 0.416 e. The molecule has 11 heteroatoms. The molecule has 2 aromatic heterocycles. The third-order valence-corrected chi connectivity index (χ3v) is 5.32. The van der Waals surface area contributed by atoms with Crippen molar-refractivity contribution in [3.63, 3.8) is 0 Å². The number of hydrogen-bond donors (Lipinski definition) is 2. The molecule has 4 aromatic rings. The highest BCUT2D eigenvalue weighted by atomic mass is 19.4. The number of alkyl halides is 3. The fourth-order valence-electron chi connectivity index (χ4n) is 3.47. The Morgan fingerprint density at radius 3 is 2.35 bits per heavy atom. The lowest BCUT2D eigenvalue weighted by atomic mass is 10.1. The highest BCUT2D eigenvalue weighted by molar-refractivity contribution is 5.93. The molecule has 192 valence electrons. The molecule has 0 aliphatic carbocycles. The molecule has 0 aliphatic heterocycles. The van der Waals surface area contributed by atoms with Gasteiger partial charge in [0.15, 0.2) is 5.65 Å². The van der Waals surface area contributed by atoms with Crippen molar-refractivity contribution in [3.8, 4) is 11.6 Å². The summed E-state index contributed by atoms with van der Waals surface area (Å²) in [6.45, 7) is 4.52. The SMILES string of the molecule is CC(C)CNC(=O)n1ccc2c(Oc3ccc(NC(=O)Cc4ccc(C(F)(F)F)cc4)cc3)ncnc21. The molecular weight excluding hydrogens is 487 g/mol. The van der Waals surface area contributed by atoms with Crippen LogP contribution in [-0.4, -0.2) is 33.0 Å². The normalized spacial score (nSPS) is 11.5. The highest BCUT2D eigenvalue weighted by Crippen LogP contribution is 2.30. The second kappa shape index (κ2) is 10.7. The van der Waals surface area contributed by atoms with Gasteiger partial charge in [-0.25, -0.2) is 14.8 Å². The first-order chi connectivity index (χ1) is 17.6. The molecule has 0 unspecified atom stereocenters. The number of benzene rings is 2. The van der Waals surface area contributed by atoms with E-state index in [2.05, 4.69) is 20.6 Å². The maximum absolute atomic E-state index is 12.7. The van der Waals surface area contributed by atoms with Gasteiger partial charge < -0.3 is 15.4 Å². The Morgan fingerprint density at radius 2 is 1.70 bits per heavy atom. The third-order valence-electron chi connectivity index (χ3n) is 5.32. The molecule has 37 heavy (non-hydrogen) atoms. The third kappa shape index (κ3) is 6.43. The number of carbonyl (C=O) groups excluding carboxylic acids is 2. The standard InChI is InChI=1S/C26H24F3N5O3/c1-16(2)14-30-25(36)34-12-11-21-23(34)31-15-32-24(21)37-20-9-7-19(8-10-20)33-22(35)13-17-3-5-18(6-4-17)26(27,28)29/h3-12,15-16H,13-14H2,1-2H3,(H,30,36)(H,33,35). The first-order valence-corrected chi connectivity index (χ1v) is 11.4. The van der Waals surface area contributed by atoms with Crippen molar-refractivity contribution in [1.29, 1.82) is 0 Å². The number of aromatic nitrogens is 3. The van der Waals surface area contributed by atoms with Gasteiger partial charge in [0.05, 0.1) is 17.4 Å². The molecule has 0 radical (unpaired) electrons. The number of nitrogens with one attached hydrogen (secondary N) is 2. The highest BCUT2D eigenvalue weighted by Gasteiger charge is 2.30. The van der Waals surface area contributed by atoms with Crippen LogP contribution >= 0.6 is 0 Å². The summed E-state index contributed by atoms with van der Waals surface area (Å²) in [6, 6.07) is 12.4. The van der Waals surface area contributed by atoms with Crippen LogP contribution in [-0.2, 0) is 17.4 Å². The summed E-state index contributed by atoms with van der Waals surface area (Å²) >= 11 is 0. The number of hydrogen-bond acceptors (Lipinski definition) is 5.